The number of nitrogens with one attached hydrogen (secondary N) is 3. The van der Waals surface area contributed by atoms with Gasteiger partial charge in [0.05, 0.1) is 17.0 Å². The Labute approximate surface area is 173 Å². The van der Waals surface area contributed by atoms with E-state index in [1.54, 1.807) is 0 Å². The van der Waals surface area contributed by atoms with Crippen molar-refractivity contribution in [3.8, 4) is 5.75 Å². The SMILES string of the molecule is CC1NOC(C)C1C(=O)NC12CC(C1)[C@@H](NC(=O)COc1ccc(Cl)c(F)c1)C2. The van der Waals surface area contributed by atoms with E-state index in [4.69, 9.17) is 21.2 Å². The lowest BCUT2D eigenvalue weighted by Crippen LogP contribution is -2.55. The summed E-state index contributed by atoms with van der Waals surface area (Å²) in [6.45, 7) is 3.61. The zero-order chi connectivity index (χ0) is 20.8. The average Bonchev–Trinajstić information content (AvgIpc) is 3.26. The van der Waals surface area contributed by atoms with Crippen LogP contribution in [0.2, 0.25) is 5.02 Å². The second-order valence-electron chi connectivity index (χ2n) is 8.44. The second-order valence-corrected chi connectivity index (χ2v) is 8.84. The van der Waals surface area contributed by atoms with Gasteiger partial charge < -0.3 is 15.4 Å². The molecule has 1 aromatic carbocycles. The first-order valence-electron chi connectivity index (χ1n) is 9.87. The van der Waals surface area contributed by atoms with Gasteiger partial charge in [0, 0.05) is 23.7 Å². The van der Waals surface area contributed by atoms with Gasteiger partial charge in [-0.1, -0.05) is 11.6 Å². The predicted octanol–water partition coefficient (Wildman–Crippen LogP) is 1.94. The summed E-state index contributed by atoms with van der Waals surface area (Å²) in [5, 5.41) is 6.18. The zero-order valence-corrected chi connectivity index (χ0v) is 17.1. The van der Waals surface area contributed by atoms with E-state index in [1.165, 1.54) is 12.1 Å². The van der Waals surface area contributed by atoms with Crippen LogP contribution >= 0.6 is 11.6 Å². The number of ether oxygens (including phenoxy) is 1. The van der Waals surface area contributed by atoms with Crippen molar-refractivity contribution in [3.05, 3.63) is 29.0 Å². The van der Waals surface area contributed by atoms with Gasteiger partial charge in [-0.3, -0.25) is 14.4 Å². The van der Waals surface area contributed by atoms with Crippen molar-refractivity contribution in [2.45, 2.75) is 56.8 Å². The van der Waals surface area contributed by atoms with Crippen LogP contribution in [0.25, 0.3) is 0 Å². The molecule has 1 heterocycles. The minimum Gasteiger partial charge on any atom is -0.484 e. The summed E-state index contributed by atoms with van der Waals surface area (Å²) in [5.74, 6) is -0.503. The minimum atomic E-state index is -0.592. The molecule has 1 aromatic rings. The van der Waals surface area contributed by atoms with E-state index in [1.807, 2.05) is 13.8 Å². The summed E-state index contributed by atoms with van der Waals surface area (Å²) in [6, 6.07) is 4.01. The van der Waals surface area contributed by atoms with E-state index >= 15 is 0 Å². The summed E-state index contributed by atoms with van der Waals surface area (Å²) in [4.78, 5) is 30.3. The first-order chi connectivity index (χ1) is 13.8. The molecular weight excluding hydrogens is 401 g/mol. The molecule has 2 amide bonds. The number of benzene rings is 1. The van der Waals surface area contributed by atoms with Gasteiger partial charge in [0.15, 0.2) is 6.61 Å². The molecular formula is C20H25ClFN3O4. The van der Waals surface area contributed by atoms with Crippen molar-refractivity contribution in [2.75, 3.05) is 6.61 Å². The molecule has 9 heteroatoms. The van der Waals surface area contributed by atoms with Crippen LogP contribution in [0, 0.1) is 17.7 Å². The van der Waals surface area contributed by atoms with Gasteiger partial charge in [-0.15, -0.1) is 0 Å². The molecule has 3 aliphatic carbocycles. The Balaban J connectivity index is 1.26. The Hall–Kier alpha value is -1.90. The molecule has 3 unspecified atom stereocenters. The van der Waals surface area contributed by atoms with Crippen LogP contribution in [0.4, 0.5) is 4.39 Å². The van der Waals surface area contributed by atoms with Crippen molar-refractivity contribution in [3.63, 3.8) is 0 Å². The third kappa shape index (κ3) is 4.06. The van der Waals surface area contributed by atoms with Crippen LogP contribution in [0.1, 0.15) is 33.1 Å². The fraction of sp³-hybridized carbons (Fsp3) is 0.600. The lowest BCUT2D eigenvalue weighted by molar-refractivity contribution is -0.129. The zero-order valence-electron chi connectivity index (χ0n) is 16.3. The summed E-state index contributed by atoms with van der Waals surface area (Å²) >= 11 is 5.63. The molecule has 4 fully saturated rings. The van der Waals surface area contributed by atoms with Gasteiger partial charge in [0.25, 0.3) is 5.91 Å². The monoisotopic (exact) mass is 425 g/mol. The van der Waals surface area contributed by atoms with Crippen LogP contribution in [-0.2, 0) is 14.4 Å². The number of carbonyl (C=O) groups excluding carboxylic acids is 2. The van der Waals surface area contributed by atoms with Crippen molar-refractivity contribution in [1.82, 2.24) is 16.1 Å². The highest BCUT2D eigenvalue weighted by Crippen LogP contribution is 2.52. The maximum Gasteiger partial charge on any atom is 0.258 e. The number of hydrogen-bond acceptors (Lipinski definition) is 5. The van der Waals surface area contributed by atoms with Crippen molar-refractivity contribution >= 4 is 23.4 Å². The molecule has 7 nitrogen and oxygen atoms in total. The standard InChI is InChI=1S/C20H25ClFN3O4/c1-10-18(11(2)29-25-10)19(27)24-20-6-12(7-20)16(8-20)23-17(26)9-28-13-3-4-14(21)15(22)5-13/h3-5,10-12,16,18,25H,6-9H2,1-2H3,(H,23,26)(H,24,27)/t10?,11?,12?,16-,18?,20?/m0/s1. The molecule has 4 aliphatic rings. The lowest BCUT2D eigenvalue weighted by Gasteiger charge is -2.40. The number of hydrogen-bond donors (Lipinski definition) is 3. The Morgan fingerprint density at radius 2 is 2.10 bits per heavy atom. The highest BCUT2D eigenvalue weighted by molar-refractivity contribution is 6.30. The van der Waals surface area contributed by atoms with Crippen molar-refractivity contribution in [2.24, 2.45) is 11.8 Å². The Morgan fingerprint density at radius 1 is 1.34 bits per heavy atom. The number of rotatable bonds is 6. The van der Waals surface area contributed by atoms with E-state index in [9.17, 15) is 14.0 Å². The highest BCUT2D eigenvalue weighted by atomic mass is 35.5. The van der Waals surface area contributed by atoms with Gasteiger partial charge in [-0.2, -0.15) is 5.48 Å². The van der Waals surface area contributed by atoms with E-state index in [0.29, 0.717) is 12.3 Å². The highest BCUT2D eigenvalue weighted by Gasteiger charge is 2.58. The number of halogens is 2. The molecule has 0 spiro atoms. The quantitative estimate of drug-likeness (QED) is 0.648. The molecule has 1 aliphatic heterocycles. The maximum absolute atomic E-state index is 13.4. The fourth-order valence-corrected chi connectivity index (χ4v) is 4.94. The summed E-state index contributed by atoms with van der Waals surface area (Å²) in [5.41, 5.74) is 2.61. The third-order valence-corrected chi connectivity index (χ3v) is 6.57. The van der Waals surface area contributed by atoms with Crippen LogP contribution in [0.5, 0.6) is 5.75 Å². The molecule has 3 N–H and O–H groups in total. The van der Waals surface area contributed by atoms with Crippen LogP contribution in [-0.4, -0.2) is 42.1 Å². The normalized spacial score (nSPS) is 35.1. The Bertz CT molecular complexity index is 807. The number of fused-ring (bicyclic) bond motifs is 1. The smallest absolute Gasteiger partial charge is 0.258 e. The molecule has 29 heavy (non-hydrogen) atoms. The molecule has 5 rings (SSSR count). The van der Waals surface area contributed by atoms with Crippen molar-refractivity contribution in [1.29, 1.82) is 0 Å². The van der Waals surface area contributed by atoms with Crippen LogP contribution in [0.15, 0.2) is 18.2 Å². The third-order valence-electron chi connectivity index (χ3n) is 6.27. The Kier molecular flexibility index (Phi) is 5.44. The minimum absolute atomic E-state index is 0.00107. The van der Waals surface area contributed by atoms with E-state index in [0.717, 1.165) is 18.9 Å². The summed E-state index contributed by atoms with van der Waals surface area (Å²) < 4.78 is 18.8. The molecule has 158 valence electrons. The van der Waals surface area contributed by atoms with Crippen LogP contribution < -0.4 is 20.9 Å². The van der Waals surface area contributed by atoms with Gasteiger partial charge >= 0.3 is 0 Å². The van der Waals surface area contributed by atoms with Gasteiger partial charge in [-0.05, 0) is 51.2 Å². The average molecular weight is 426 g/mol. The predicted molar refractivity (Wildman–Crippen MR) is 104 cm³/mol. The maximum atomic E-state index is 13.4. The molecule has 3 saturated carbocycles. The van der Waals surface area contributed by atoms with Crippen LogP contribution in [0.3, 0.4) is 0 Å². The molecule has 0 aromatic heterocycles. The largest absolute Gasteiger partial charge is 0.484 e. The summed E-state index contributed by atoms with van der Waals surface area (Å²) in [7, 11) is 0. The first kappa shape index (κ1) is 20.4. The van der Waals surface area contributed by atoms with Gasteiger partial charge in [0.1, 0.15) is 11.6 Å². The second kappa shape index (κ2) is 7.74. The van der Waals surface area contributed by atoms with Gasteiger partial charge in [0.2, 0.25) is 5.91 Å². The first-order valence-corrected chi connectivity index (χ1v) is 10.2. The number of hydroxylamine groups is 1. The topological polar surface area (TPSA) is 88.7 Å². The molecule has 4 atom stereocenters. The number of amides is 2. The van der Waals surface area contributed by atoms with E-state index in [-0.39, 0.29) is 58.8 Å². The molecule has 1 saturated heterocycles. The van der Waals surface area contributed by atoms with E-state index < -0.39 is 5.82 Å². The van der Waals surface area contributed by atoms with Gasteiger partial charge in [-0.25, -0.2) is 4.39 Å². The fourth-order valence-electron chi connectivity index (χ4n) is 4.82. The Morgan fingerprint density at radius 3 is 2.76 bits per heavy atom. The molecule has 0 radical (unpaired) electrons. The molecule has 2 bridgehead atoms. The summed E-state index contributed by atoms with van der Waals surface area (Å²) in [6.07, 6.45) is 2.24. The van der Waals surface area contributed by atoms with E-state index in [2.05, 4.69) is 16.1 Å². The number of carbonyl (C=O) groups is 2. The lowest BCUT2D eigenvalue weighted by atomic mass is 9.76. The van der Waals surface area contributed by atoms with Crippen molar-refractivity contribution < 1.29 is 23.6 Å².